The van der Waals surface area contributed by atoms with Gasteiger partial charge in [0.15, 0.2) is 5.78 Å². The molecule has 2 heterocycles. The van der Waals surface area contributed by atoms with Gasteiger partial charge in [-0.25, -0.2) is 4.98 Å². The topological polar surface area (TPSA) is 81.1 Å². The third kappa shape index (κ3) is 4.77. The lowest BCUT2D eigenvalue weighted by molar-refractivity contribution is -0.116. The number of hydrogen-bond acceptors (Lipinski definition) is 4. The van der Waals surface area contributed by atoms with Crippen molar-refractivity contribution in [2.75, 3.05) is 5.32 Å². The first-order chi connectivity index (χ1) is 16.3. The summed E-state index contributed by atoms with van der Waals surface area (Å²) in [7, 11) is 0. The summed E-state index contributed by atoms with van der Waals surface area (Å²) in [5, 5.41) is 3.50. The maximum atomic E-state index is 13.2. The van der Waals surface area contributed by atoms with Crippen LogP contribution in [0.2, 0.25) is 5.02 Å². The van der Waals surface area contributed by atoms with Crippen LogP contribution in [0.4, 0.5) is 5.69 Å². The van der Waals surface area contributed by atoms with E-state index in [9.17, 15) is 14.4 Å². The van der Waals surface area contributed by atoms with E-state index in [2.05, 4.69) is 10.3 Å². The number of rotatable bonds is 6. The van der Waals surface area contributed by atoms with Crippen LogP contribution in [0.25, 0.3) is 11.0 Å². The standard InChI is InChI=1S/C27H24ClN3O3/c1-4-18-7-9-19(10-8-18)25(33)21-14-31(27-20(26(21)34)11-6-17(3)29-27)15-24(32)30-23-12-5-16(2)13-22(23)28/h5-14H,4,15H2,1-3H3,(H,30,32). The van der Waals surface area contributed by atoms with Gasteiger partial charge in [-0.15, -0.1) is 0 Å². The third-order valence-corrected chi connectivity index (χ3v) is 5.95. The second-order valence-corrected chi connectivity index (χ2v) is 8.64. The Morgan fingerprint density at radius 2 is 1.76 bits per heavy atom. The number of benzene rings is 2. The van der Waals surface area contributed by atoms with E-state index in [1.54, 1.807) is 43.3 Å². The van der Waals surface area contributed by atoms with Crippen LogP contribution in [-0.2, 0) is 17.8 Å². The molecule has 172 valence electrons. The predicted molar refractivity (Wildman–Crippen MR) is 135 cm³/mol. The van der Waals surface area contributed by atoms with Crippen LogP contribution in [0.1, 0.15) is 39.7 Å². The lowest BCUT2D eigenvalue weighted by Gasteiger charge is -2.14. The summed E-state index contributed by atoms with van der Waals surface area (Å²) in [4.78, 5) is 43.8. The van der Waals surface area contributed by atoms with E-state index in [1.807, 2.05) is 32.0 Å². The molecule has 0 bridgehead atoms. The van der Waals surface area contributed by atoms with Gasteiger partial charge in [-0.3, -0.25) is 14.4 Å². The Morgan fingerprint density at radius 3 is 2.44 bits per heavy atom. The molecule has 7 heteroatoms. The average Bonchev–Trinajstić information content (AvgIpc) is 2.82. The molecule has 0 aliphatic rings. The van der Waals surface area contributed by atoms with Crippen LogP contribution in [0.5, 0.6) is 0 Å². The molecular formula is C27H24ClN3O3. The monoisotopic (exact) mass is 473 g/mol. The molecule has 0 unspecified atom stereocenters. The number of amides is 1. The van der Waals surface area contributed by atoms with Crippen LogP contribution >= 0.6 is 11.6 Å². The van der Waals surface area contributed by atoms with Crippen molar-refractivity contribution >= 4 is 40.0 Å². The Balaban J connectivity index is 1.75. The highest BCUT2D eigenvalue weighted by Gasteiger charge is 2.19. The molecule has 4 rings (SSSR count). The lowest BCUT2D eigenvalue weighted by Crippen LogP contribution is -2.25. The number of anilines is 1. The van der Waals surface area contributed by atoms with Crippen LogP contribution < -0.4 is 10.7 Å². The zero-order valence-electron chi connectivity index (χ0n) is 19.2. The van der Waals surface area contributed by atoms with Gasteiger partial charge in [-0.1, -0.05) is 48.9 Å². The molecular weight excluding hydrogens is 450 g/mol. The first-order valence-corrected chi connectivity index (χ1v) is 11.3. The van der Waals surface area contributed by atoms with Gasteiger partial charge in [-0.2, -0.15) is 0 Å². The van der Waals surface area contributed by atoms with Crippen molar-refractivity contribution in [2.45, 2.75) is 33.7 Å². The summed E-state index contributed by atoms with van der Waals surface area (Å²) in [5.74, 6) is -0.754. The Bertz CT molecular complexity index is 1470. The van der Waals surface area contributed by atoms with E-state index in [0.717, 1.165) is 17.5 Å². The molecule has 1 N–H and O–H groups in total. The Morgan fingerprint density at radius 1 is 1.03 bits per heavy atom. The zero-order valence-corrected chi connectivity index (χ0v) is 19.9. The van der Waals surface area contributed by atoms with Crippen molar-refractivity contribution in [3.63, 3.8) is 0 Å². The zero-order chi connectivity index (χ0) is 24.4. The van der Waals surface area contributed by atoms with Gasteiger partial charge in [0.1, 0.15) is 12.2 Å². The molecule has 0 aliphatic carbocycles. The van der Waals surface area contributed by atoms with Gasteiger partial charge >= 0.3 is 0 Å². The summed E-state index contributed by atoms with van der Waals surface area (Å²) in [6.45, 7) is 5.59. The minimum Gasteiger partial charge on any atom is -0.323 e. The normalized spacial score (nSPS) is 10.9. The molecule has 1 amide bonds. The van der Waals surface area contributed by atoms with Crippen LogP contribution in [0, 0.1) is 13.8 Å². The number of fused-ring (bicyclic) bond motifs is 1. The summed E-state index contributed by atoms with van der Waals surface area (Å²) < 4.78 is 1.54. The quantitative estimate of drug-likeness (QED) is 0.395. The average molecular weight is 474 g/mol. The van der Waals surface area contributed by atoms with Crippen LogP contribution in [0.3, 0.4) is 0 Å². The van der Waals surface area contributed by atoms with E-state index in [4.69, 9.17) is 11.6 Å². The Hall–Kier alpha value is -3.77. The SMILES string of the molecule is CCc1ccc(C(=O)c2cn(CC(=O)Nc3ccc(C)cc3Cl)c3nc(C)ccc3c2=O)cc1. The van der Waals surface area contributed by atoms with Gasteiger partial charge in [0.2, 0.25) is 11.3 Å². The summed E-state index contributed by atoms with van der Waals surface area (Å²) in [5.41, 5.74) is 3.58. The molecule has 0 aliphatic heterocycles. The van der Waals surface area contributed by atoms with Gasteiger partial charge in [0.25, 0.3) is 0 Å². The fourth-order valence-electron chi connectivity index (χ4n) is 3.76. The highest BCUT2D eigenvalue weighted by Crippen LogP contribution is 2.23. The lowest BCUT2D eigenvalue weighted by atomic mass is 10.0. The first-order valence-electron chi connectivity index (χ1n) is 11.0. The molecule has 0 fully saturated rings. The summed E-state index contributed by atoms with van der Waals surface area (Å²) in [6.07, 6.45) is 2.27. The number of ketones is 1. The van der Waals surface area contributed by atoms with E-state index in [0.29, 0.717) is 27.6 Å². The van der Waals surface area contributed by atoms with Gasteiger partial charge in [0.05, 0.1) is 21.7 Å². The van der Waals surface area contributed by atoms with Crippen molar-refractivity contribution in [3.8, 4) is 0 Å². The summed E-state index contributed by atoms with van der Waals surface area (Å²) in [6, 6.07) is 15.9. The minimum absolute atomic E-state index is 0.0106. The number of carbonyl (C=O) groups is 2. The Kier molecular flexibility index (Phi) is 6.61. The van der Waals surface area contributed by atoms with E-state index >= 15 is 0 Å². The van der Waals surface area contributed by atoms with E-state index < -0.39 is 11.2 Å². The highest BCUT2D eigenvalue weighted by atomic mass is 35.5. The molecule has 6 nitrogen and oxygen atoms in total. The third-order valence-electron chi connectivity index (χ3n) is 5.64. The van der Waals surface area contributed by atoms with Gasteiger partial charge in [0, 0.05) is 17.5 Å². The van der Waals surface area contributed by atoms with Crippen molar-refractivity contribution in [1.82, 2.24) is 9.55 Å². The molecule has 0 saturated carbocycles. The van der Waals surface area contributed by atoms with Crippen LogP contribution in [-0.4, -0.2) is 21.2 Å². The summed E-state index contributed by atoms with van der Waals surface area (Å²) >= 11 is 6.25. The highest BCUT2D eigenvalue weighted by molar-refractivity contribution is 6.33. The number of hydrogen-bond donors (Lipinski definition) is 1. The second kappa shape index (κ2) is 9.61. The van der Waals surface area contributed by atoms with Crippen molar-refractivity contribution < 1.29 is 9.59 Å². The van der Waals surface area contributed by atoms with E-state index in [1.165, 1.54) is 10.8 Å². The maximum Gasteiger partial charge on any atom is 0.244 e. The molecule has 4 aromatic rings. The molecule has 34 heavy (non-hydrogen) atoms. The number of aromatic nitrogens is 2. The number of carbonyl (C=O) groups excluding carboxylic acids is 2. The van der Waals surface area contributed by atoms with E-state index in [-0.39, 0.29) is 23.4 Å². The minimum atomic E-state index is -0.412. The molecule has 2 aromatic carbocycles. The van der Waals surface area contributed by atoms with Gasteiger partial charge in [-0.05, 0) is 55.7 Å². The number of pyridine rings is 2. The molecule has 0 atom stereocenters. The molecule has 0 radical (unpaired) electrons. The fraction of sp³-hybridized carbons (Fsp3) is 0.185. The maximum absolute atomic E-state index is 13.2. The number of halogens is 1. The Labute approximate surface area is 202 Å². The fourth-order valence-corrected chi connectivity index (χ4v) is 4.04. The first kappa shape index (κ1) is 23.4. The van der Waals surface area contributed by atoms with Crippen molar-refractivity contribution in [1.29, 1.82) is 0 Å². The molecule has 0 saturated heterocycles. The molecule has 0 spiro atoms. The van der Waals surface area contributed by atoms with Crippen LogP contribution in [0.15, 0.2) is 65.6 Å². The van der Waals surface area contributed by atoms with Crippen molar-refractivity contribution in [2.24, 2.45) is 0 Å². The number of aryl methyl sites for hydroxylation is 3. The second-order valence-electron chi connectivity index (χ2n) is 8.23. The van der Waals surface area contributed by atoms with Gasteiger partial charge < -0.3 is 9.88 Å². The predicted octanol–water partition coefficient (Wildman–Crippen LogP) is 5.10. The molecule has 2 aromatic heterocycles. The largest absolute Gasteiger partial charge is 0.323 e. The van der Waals surface area contributed by atoms with Crippen molar-refractivity contribution in [3.05, 3.63) is 104 Å². The number of nitrogens with zero attached hydrogens (tertiary/aromatic N) is 2. The smallest absolute Gasteiger partial charge is 0.244 e. The number of nitrogens with one attached hydrogen (secondary N) is 1.